The van der Waals surface area contributed by atoms with E-state index in [1.165, 1.54) is 5.56 Å². The first-order valence-corrected chi connectivity index (χ1v) is 17.6. The predicted octanol–water partition coefficient (Wildman–Crippen LogP) is 5.29. The number of carbonyl (C=O) groups is 2. The second-order valence-electron chi connectivity index (χ2n) is 13.7. The monoisotopic (exact) mass is 675 g/mol. The summed E-state index contributed by atoms with van der Waals surface area (Å²) < 4.78 is 7.40. The normalized spacial score (nSPS) is 17.1. The summed E-state index contributed by atoms with van der Waals surface area (Å²) in [6.45, 7) is 9.66. The van der Waals surface area contributed by atoms with Gasteiger partial charge in [0.2, 0.25) is 17.7 Å². The molecule has 0 radical (unpaired) electrons. The Labute approximate surface area is 292 Å². The minimum atomic E-state index is -0.157. The van der Waals surface area contributed by atoms with Gasteiger partial charge in [0.05, 0.1) is 24.1 Å². The fraction of sp³-hybridized carbons (Fsp3) is 0.421. The first-order valence-electron chi connectivity index (χ1n) is 17.6. The van der Waals surface area contributed by atoms with Gasteiger partial charge in [-0.2, -0.15) is 10.2 Å². The highest BCUT2D eigenvalue weighted by atomic mass is 16.5. The number of aryl methyl sites for hydroxylation is 1. The SMILES string of the molecule is CCN(C(=O)[C@@H]1CCN(CC(=O)N2CCC(c3ccc(-c4ncn(C)n4)cc3)CC2)C1)c1ccc2[nH]nc(-c3ccc(OC(C)C)nc3)c2c1. The second kappa shape index (κ2) is 14.4. The van der Waals surface area contributed by atoms with E-state index in [-0.39, 0.29) is 23.8 Å². The first-order chi connectivity index (χ1) is 24.2. The van der Waals surface area contributed by atoms with Gasteiger partial charge in [0.15, 0.2) is 5.82 Å². The van der Waals surface area contributed by atoms with Gasteiger partial charge in [-0.25, -0.2) is 9.97 Å². The molecule has 0 bridgehead atoms. The lowest BCUT2D eigenvalue weighted by molar-refractivity contribution is -0.133. The highest BCUT2D eigenvalue weighted by Gasteiger charge is 2.34. The van der Waals surface area contributed by atoms with Crippen molar-refractivity contribution < 1.29 is 14.3 Å². The minimum absolute atomic E-state index is 0.0440. The molecule has 12 nitrogen and oxygen atoms in total. The number of aromatic amines is 1. The predicted molar refractivity (Wildman–Crippen MR) is 193 cm³/mol. The molecule has 2 aliphatic heterocycles. The summed E-state index contributed by atoms with van der Waals surface area (Å²) in [5.74, 6) is 1.81. The molecule has 260 valence electrons. The van der Waals surface area contributed by atoms with Crippen molar-refractivity contribution in [2.75, 3.05) is 44.2 Å². The van der Waals surface area contributed by atoms with Crippen LogP contribution in [0.5, 0.6) is 5.88 Å². The number of pyridine rings is 1. The van der Waals surface area contributed by atoms with E-state index in [4.69, 9.17) is 4.74 Å². The molecular formula is C38H45N9O3. The number of H-pyrrole nitrogens is 1. The van der Waals surface area contributed by atoms with Crippen molar-refractivity contribution in [1.29, 1.82) is 0 Å². The number of piperidine rings is 1. The highest BCUT2D eigenvalue weighted by Crippen LogP contribution is 2.32. The smallest absolute Gasteiger partial charge is 0.236 e. The summed E-state index contributed by atoms with van der Waals surface area (Å²) in [4.78, 5) is 42.0. The van der Waals surface area contributed by atoms with E-state index >= 15 is 0 Å². The summed E-state index contributed by atoms with van der Waals surface area (Å²) in [5.41, 5.74) is 5.67. The zero-order chi connectivity index (χ0) is 34.8. The fourth-order valence-electron chi connectivity index (χ4n) is 7.21. The van der Waals surface area contributed by atoms with Crippen molar-refractivity contribution in [3.8, 4) is 28.5 Å². The molecule has 7 rings (SSSR count). The zero-order valence-electron chi connectivity index (χ0n) is 29.2. The van der Waals surface area contributed by atoms with Crippen molar-refractivity contribution in [3.05, 3.63) is 72.7 Å². The molecule has 12 heteroatoms. The lowest BCUT2D eigenvalue weighted by atomic mass is 9.89. The number of ether oxygens (including phenoxy) is 1. The molecule has 3 aromatic heterocycles. The Morgan fingerprint density at radius 1 is 0.980 bits per heavy atom. The zero-order valence-corrected chi connectivity index (χ0v) is 29.2. The summed E-state index contributed by atoms with van der Waals surface area (Å²) >= 11 is 0. The number of hydrogen-bond donors (Lipinski definition) is 1. The summed E-state index contributed by atoms with van der Waals surface area (Å²) in [7, 11) is 1.87. The van der Waals surface area contributed by atoms with Crippen LogP contribution >= 0.6 is 0 Å². The largest absolute Gasteiger partial charge is 0.475 e. The Bertz CT molecular complexity index is 1940. The van der Waals surface area contributed by atoms with E-state index in [2.05, 4.69) is 54.4 Å². The number of benzene rings is 2. The lowest BCUT2D eigenvalue weighted by Gasteiger charge is -2.33. The van der Waals surface area contributed by atoms with Gasteiger partial charge in [0.1, 0.15) is 12.0 Å². The van der Waals surface area contributed by atoms with E-state index in [0.29, 0.717) is 31.4 Å². The third-order valence-corrected chi connectivity index (χ3v) is 9.87. The van der Waals surface area contributed by atoms with Crippen LogP contribution in [-0.4, -0.2) is 96.9 Å². The third-order valence-electron chi connectivity index (χ3n) is 9.87. The molecule has 5 aromatic rings. The Hall–Kier alpha value is -5.10. The molecule has 1 N–H and O–H groups in total. The molecule has 50 heavy (non-hydrogen) atoms. The van der Waals surface area contributed by atoms with Crippen molar-refractivity contribution in [2.45, 2.75) is 52.1 Å². The van der Waals surface area contributed by atoms with Crippen LogP contribution in [0.4, 0.5) is 5.69 Å². The average Bonchev–Trinajstić information content (AvgIpc) is 3.89. The number of anilines is 1. The van der Waals surface area contributed by atoms with Crippen molar-refractivity contribution in [3.63, 3.8) is 0 Å². The molecule has 0 unspecified atom stereocenters. The topological polar surface area (TPSA) is 125 Å². The van der Waals surface area contributed by atoms with Crippen LogP contribution in [0.1, 0.15) is 51.5 Å². The number of aromatic nitrogens is 6. The number of hydrogen-bond acceptors (Lipinski definition) is 8. The fourth-order valence-corrected chi connectivity index (χ4v) is 7.21. The van der Waals surface area contributed by atoms with Crippen LogP contribution < -0.4 is 9.64 Å². The van der Waals surface area contributed by atoms with Gasteiger partial charge in [-0.15, -0.1) is 0 Å². The van der Waals surface area contributed by atoms with Crippen LogP contribution in [-0.2, 0) is 16.6 Å². The second-order valence-corrected chi connectivity index (χ2v) is 13.7. The van der Waals surface area contributed by atoms with E-state index in [1.807, 2.05) is 68.0 Å². The summed E-state index contributed by atoms with van der Waals surface area (Å²) in [6.07, 6.45) is 6.14. The Morgan fingerprint density at radius 3 is 2.44 bits per heavy atom. The van der Waals surface area contributed by atoms with E-state index in [0.717, 1.165) is 78.1 Å². The van der Waals surface area contributed by atoms with Crippen LogP contribution in [0.3, 0.4) is 0 Å². The molecule has 2 aromatic carbocycles. The van der Waals surface area contributed by atoms with E-state index in [9.17, 15) is 9.59 Å². The summed E-state index contributed by atoms with van der Waals surface area (Å²) in [6, 6.07) is 18.3. The third kappa shape index (κ3) is 7.11. The van der Waals surface area contributed by atoms with Crippen LogP contribution in [0.15, 0.2) is 67.1 Å². The molecule has 0 aliphatic carbocycles. The van der Waals surface area contributed by atoms with Crippen molar-refractivity contribution >= 4 is 28.4 Å². The molecule has 2 fully saturated rings. The number of carbonyl (C=O) groups excluding carboxylic acids is 2. The van der Waals surface area contributed by atoms with Gasteiger partial charge in [0.25, 0.3) is 0 Å². The molecule has 1 atom stereocenters. The van der Waals surface area contributed by atoms with E-state index in [1.54, 1.807) is 17.2 Å². The van der Waals surface area contributed by atoms with Crippen molar-refractivity contribution in [2.24, 2.45) is 13.0 Å². The number of fused-ring (bicyclic) bond motifs is 1. The first kappa shape index (κ1) is 33.4. The number of nitrogens with zero attached hydrogens (tertiary/aromatic N) is 8. The summed E-state index contributed by atoms with van der Waals surface area (Å²) in [5, 5.41) is 13.0. The van der Waals surface area contributed by atoms with Gasteiger partial charge < -0.3 is 14.5 Å². The van der Waals surface area contributed by atoms with Gasteiger partial charge in [-0.3, -0.25) is 24.3 Å². The number of rotatable bonds is 10. The Morgan fingerprint density at radius 2 is 1.76 bits per heavy atom. The van der Waals surface area contributed by atoms with Gasteiger partial charge >= 0.3 is 0 Å². The quantitative estimate of drug-likeness (QED) is 0.212. The highest BCUT2D eigenvalue weighted by molar-refractivity contribution is 6.00. The Kier molecular flexibility index (Phi) is 9.62. The maximum Gasteiger partial charge on any atom is 0.236 e. The number of likely N-dealkylation sites (tertiary alicyclic amines) is 2. The van der Waals surface area contributed by atoms with Crippen LogP contribution in [0.25, 0.3) is 33.5 Å². The number of amides is 2. The van der Waals surface area contributed by atoms with Crippen LogP contribution in [0, 0.1) is 5.92 Å². The molecule has 0 spiro atoms. The van der Waals surface area contributed by atoms with E-state index < -0.39 is 0 Å². The maximum atomic E-state index is 13.9. The van der Waals surface area contributed by atoms with Crippen LogP contribution in [0.2, 0.25) is 0 Å². The molecule has 2 aliphatic rings. The molecule has 0 saturated carbocycles. The molecule has 5 heterocycles. The average molecular weight is 676 g/mol. The van der Waals surface area contributed by atoms with Gasteiger partial charge in [0, 0.05) is 67.7 Å². The van der Waals surface area contributed by atoms with Crippen molar-refractivity contribution in [1.82, 2.24) is 39.7 Å². The van der Waals surface area contributed by atoms with Gasteiger partial charge in [-0.1, -0.05) is 24.3 Å². The molecule has 2 saturated heterocycles. The van der Waals surface area contributed by atoms with Gasteiger partial charge in [-0.05, 0) is 82.3 Å². The molecular weight excluding hydrogens is 630 g/mol. The lowest BCUT2D eigenvalue weighted by Crippen LogP contribution is -2.44. The maximum absolute atomic E-state index is 13.9. The Balaban J connectivity index is 0.933. The molecule has 2 amide bonds. The standard InChI is InChI=1S/C38H45N9O3/c1-5-47(31-11-12-33-32(20-31)36(42-41-33)29-10-13-34(39-21-29)50-25(2)3)38(49)30-14-17-45(22-30)23-35(48)46-18-15-27(16-19-46)26-6-8-28(9-7-26)37-40-24-44(4)43-37/h6-13,20-21,24-25,27,30H,5,14-19,22-23H2,1-4H3,(H,41,42)/t30-/m1/s1. The minimum Gasteiger partial charge on any atom is -0.475 e. The number of nitrogens with one attached hydrogen (secondary N) is 1.